The standard InChI is InChI=1S/C15H18N4O.C2HF3O2/c1-4-13-17-14(20-18-13)9-19-12-8-6-5-7-11(12)16-15(19)10(2)3;3-2(4,5)1(6)7/h5-8,10H,4,9H2,1-3H3;(H,6,7). The lowest BCUT2D eigenvalue weighted by Gasteiger charge is -2.08. The van der Waals surface area contributed by atoms with Gasteiger partial charge in [-0.1, -0.05) is 38.1 Å². The van der Waals surface area contributed by atoms with Crippen LogP contribution in [-0.2, 0) is 17.8 Å². The van der Waals surface area contributed by atoms with Crippen molar-refractivity contribution in [3.05, 3.63) is 41.8 Å². The zero-order chi connectivity index (χ0) is 20.2. The predicted molar refractivity (Wildman–Crippen MR) is 90.3 cm³/mol. The molecule has 0 bridgehead atoms. The van der Waals surface area contributed by atoms with E-state index < -0.39 is 12.1 Å². The van der Waals surface area contributed by atoms with E-state index in [4.69, 9.17) is 19.4 Å². The van der Waals surface area contributed by atoms with Gasteiger partial charge in [0.1, 0.15) is 12.4 Å². The molecule has 0 aliphatic carbocycles. The Kier molecular flexibility index (Phi) is 6.19. The van der Waals surface area contributed by atoms with Crippen molar-refractivity contribution in [1.82, 2.24) is 19.7 Å². The van der Waals surface area contributed by atoms with Gasteiger partial charge in [-0.3, -0.25) is 0 Å². The molecule has 146 valence electrons. The topological polar surface area (TPSA) is 94.0 Å². The Morgan fingerprint density at radius 3 is 2.41 bits per heavy atom. The van der Waals surface area contributed by atoms with Crippen molar-refractivity contribution in [3.63, 3.8) is 0 Å². The number of halogens is 3. The number of carboxylic acid groups (broad SMARTS) is 1. The van der Waals surface area contributed by atoms with E-state index in [1.165, 1.54) is 0 Å². The Balaban J connectivity index is 0.000000321. The van der Waals surface area contributed by atoms with Gasteiger partial charge in [-0.15, -0.1) is 0 Å². The van der Waals surface area contributed by atoms with Crippen LogP contribution in [0.1, 0.15) is 44.2 Å². The maximum atomic E-state index is 10.6. The van der Waals surface area contributed by atoms with Crippen LogP contribution in [0.4, 0.5) is 13.2 Å². The minimum atomic E-state index is -5.08. The van der Waals surface area contributed by atoms with Gasteiger partial charge in [0.2, 0.25) is 5.89 Å². The van der Waals surface area contributed by atoms with Gasteiger partial charge >= 0.3 is 12.1 Å². The third-order valence-corrected chi connectivity index (χ3v) is 3.56. The third-order valence-electron chi connectivity index (χ3n) is 3.56. The molecule has 0 saturated carbocycles. The highest BCUT2D eigenvalue weighted by atomic mass is 19.4. The number of hydrogen-bond acceptors (Lipinski definition) is 5. The molecular weight excluding hydrogens is 365 g/mol. The number of aliphatic carboxylic acids is 1. The van der Waals surface area contributed by atoms with Gasteiger partial charge in [0.25, 0.3) is 0 Å². The maximum absolute atomic E-state index is 10.6. The highest BCUT2D eigenvalue weighted by Gasteiger charge is 2.38. The summed E-state index contributed by atoms with van der Waals surface area (Å²) in [6, 6.07) is 8.13. The van der Waals surface area contributed by atoms with Crippen LogP contribution in [-0.4, -0.2) is 36.9 Å². The molecule has 3 aromatic rings. The molecule has 2 heterocycles. The molecule has 0 saturated heterocycles. The smallest absolute Gasteiger partial charge is 0.475 e. The number of rotatable bonds is 4. The number of alkyl halides is 3. The normalized spacial score (nSPS) is 11.5. The van der Waals surface area contributed by atoms with Crippen molar-refractivity contribution in [2.75, 3.05) is 0 Å². The molecule has 27 heavy (non-hydrogen) atoms. The average Bonchev–Trinajstić information content (AvgIpc) is 3.20. The Hall–Kier alpha value is -2.91. The second-order valence-electron chi connectivity index (χ2n) is 5.96. The second-order valence-corrected chi connectivity index (χ2v) is 5.96. The molecule has 10 heteroatoms. The summed E-state index contributed by atoms with van der Waals surface area (Å²) < 4.78 is 39.2. The van der Waals surface area contributed by atoms with Gasteiger partial charge in [-0.2, -0.15) is 18.2 Å². The summed E-state index contributed by atoms with van der Waals surface area (Å²) in [5, 5.41) is 11.1. The summed E-state index contributed by atoms with van der Waals surface area (Å²) >= 11 is 0. The van der Waals surface area contributed by atoms with E-state index in [-0.39, 0.29) is 0 Å². The summed E-state index contributed by atoms with van der Waals surface area (Å²) in [5.74, 6) is 0.00772. The van der Waals surface area contributed by atoms with E-state index in [1.807, 2.05) is 25.1 Å². The SMILES string of the molecule is CCc1noc(Cn2c(C(C)C)nc3ccccc32)n1.O=C(O)C(F)(F)F. The van der Waals surface area contributed by atoms with Gasteiger partial charge in [0.05, 0.1) is 11.0 Å². The number of para-hydroxylation sites is 2. The first kappa shape index (κ1) is 20.4. The first-order chi connectivity index (χ1) is 12.6. The van der Waals surface area contributed by atoms with Crippen LogP contribution in [0.3, 0.4) is 0 Å². The molecule has 0 fully saturated rings. The first-order valence-corrected chi connectivity index (χ1v) is 8.20. The van der Waals surface area contributed by atoms with Gasteiger partial charge in [-0.05, 0) is 12.1 Å². The van der Waals surface area contributed by atoms with Gasteiger partial charge in [0.15, 0.2) is 5.82 Å². The van der Waals surface area contributed by atoms with E-state index >= 15 is 0 Å². The Labute approximate surface area is 152 Å². The Bertz CT molecular complexity index is 916. The van der Waals surface area contributed by atoms with Crippen molar-refractivity contribution in [2.24, 2.45) is 0 Å². The summed E-state index contributed by atoms with van der Waals surface area (Å²) in [5.41, 5.74) is 2.11. The number of imidazole rings is 1. The van der Waals surface area contributed by atoms with Crippen LogP contribution in [0.15, 0.2) is 28.8 Å². The number of aryl methyl sites for hydroxylation is 1. The van der Waals surface area contributed by atoms with Crippen LogP contribution < -0.4 is 0 Å². The first-order valence-electron chi connectivity index (χ1n) is 8.20. The lowest BCUT2D eigenvalue weighted by Crippen LogP contribution is -2.21. The third kappa shape index (κ3) is 5.05. The highest BCUT2D eigenvalue weighted by Crippen LogP contribution is 2.22. The minimum Gasteiger partial charge on any atom is -0.475 e. The molecule has 1 N–H and O–H groups in total. The molecule has 7 nitrogen and oxygen atoms in total. The van der Waals surface area contributed by atoms with Crippen LogP contribution in [0.2, 0.25) is 0 Å². The summed E-state index contributed by atoms with van der Waals surface area (Å²) in [7, 11) is 0. The molecule has 0 amide bonds. The molecular formula is C17H19F3N4O3. The predicted octanol–water partition coefficient (Wildman–Crippen LogP) is 3.79. The van der Waals surface area contributed by atoms with E-state index in [0.717, 1.165) is 29.1 Å². The molecule has 0 atom stereocenters. The van der Waals surface area contributed by atoms with Crippen molar-refractivity contribution in [3.8, 4) is 0 Å². The highest BCUT2D eigenvalue weighted by molar-refractivity contribution is 5.76. The van der Waals surface area contributed by atoms with Gasteiger partial charge in [0, 0.05) is 12.3 Å². The Morgan fingerprint density at radius 1 is 1.26 bits per heavy atom. The van der Waals surface area contributed by atoms with Gasteiger partial charge < -0.3 is 14.2 Å². The molecule has 1 aromatic carbocycles. The fourth-order valence-electron chi connectivity index (χ4n) is 2.33. The van der Waals surface area contributed by atoms with Crippen molar-refractivity contribution < 1.29 is 27.6 Å². The van der Waals surface area contributed by atoms with Crippen LogP contribution in [0.5, 0.6) is 0 Å². The average molecular weight is 384 g/mol. The minimum absolute atomic E-state index is 0.343. The lowest BCUT2D eigenvalue weighted by molar-refractivity contribution is -0.192. The molecule has 0 spiro atoms. The monoisotopic (exact) mass is 384 g/mol. The molecule has 0 unspecified atom stereocenters. The van der Waals surface area contributed by atoms with Gasteiger partial charge in [-0.25, -0.2) is 9.78 Å². The lowest BCUT2D eigenvalue weighted by atomic mass is 10.2. The summed E-state index contributed by atoms with van der Waals surface area (Å²) in [6.45, 7) is 6.87. The Morgan fingerprint density at radius 2 is 1.89 bits per heavy atom. The quantitative estimate of drug-likeness (QED) is 0.736. The number of benzene rings is 1. The zero-order valence-corrected chi connectivity index (χ0v) is 15.0. The van der Waals surface area contributed by atoms with Crippen LogP contribution >= 0.6 is 0 Å². The van der Waals surface area contributed by atoms with E-state index in [2.05, 4.69) is 34.6 Å². The number of nitrogens with zero attached hydrogens (tertiary/aromatic N) is 4. The molecule has 0 radical (unpaired) electrons. The van der Waals surface area contributed by atoms with E-state index in [9.17, 15) is 13.2 Å². The van der Waals surface area contributed by atoms with Crippen LogP contribution in [0.25, 0.3) is 11.0 Å². The largest absolute Gasteiger partial charge is 0.490 e. The molecule has 3 rings (SSSR count). The summed E-state index contributed by atoms with van der Waals surface area (Å²) in [4.78, 5) is 18.0. The van der Waals surface area contributed by atoms with Crippen molar-refractivity contribution in [2.45, 2.75) is 45.8 Å². The number of carboxylic acids is 1. The molecule has 2 aromatic heterocycles. The number of aromatic nitrogens is 4. The fourth-order valence-corrected chi connectivity index (χ4v) is 2.33. The van der Waals surface area contributed by atoms with E-state index in [1.54, 1.807) is 0 Å². The molecule has 0 aliphatic rings. The second kappa shape index (κ2) is 8.19. The van der Waals surface area contributed by atoms with Crippen LogP contribution in [0, 0.1) is 0 Å². The molecule has 0 aliphatic heterocycles. The van der Waals surface area contributed by atoms with E-state index in [0.29, 0.717) is 18.4 Å². The number of fused-ring (bicyclic) bond motifs is 1. The van der Waals surface area contributed by atoms with Crippen molar-refractivity contribution >= 4 is 17.0 Å². The number of carbonyl (C=O) groups is 1. The van der Waals surface area contributed by atoms with Crippen molar-refractivity contribution in [1.29, 1.82) is 0 Å². The maximum Gasteiger partial charge on any atom is 0.490 e. The zero-order valence-electron chi connectivity index (χ0n) is 15.0. The summed E-state index contributed by atoms with van der Waals surface area (Å²) in [6.07, 6.45) is -4.30. The fraction of sp³-hybridized carbons (Fsp3) is 0.412. The number of hydrogen-bond donors (Lipinski definition) is 1.